The van der Waals surface area contributed by atoms with Crippen molar-refractivity contribution in [3.05, 3.63) is 23.8 Å². The summed E-state index contributed by atoms with van der Waals surface area (Å²) in [6.07, 6.45) is 1.38. The minimum atomic E-state index is -0.0921. The molecule has 0 aliphatic rings. The monoisotopic (exact) mass is 350 g/mol. The molecule has 2 rings (SSSR count). The first kappa shape index (κ1) is 17.6. The number of aromatic amines is 1. The molecular formula is C14H18N6O3S. The van der Waals surface area contributed by atoms with Crippen LogP contribution in [-0.4, -0.2) is 49.3 Å². The molecule has 0 spiro atoms. The van der Waals surface area contributed by atoms with Crippen molar-refractivity contribution in [2.24, 2.45) is 5.10 Å². The zero-order chi connectivity index (χ0) is 17.5. The summed E-state index contributed by atoms with van der Waals surface area (Å²) < 4.78 is 0. The van der Waals surface area contributed by atoms with Gasteiger partial charge in [-0.25, -0.2) is 10.5 Å². The van der Waals surface area contributed by atoms with Gasteiger partial charge in [0.2, 0.25) is 17.0 Å². The van der Waals surface area contributed by atoms with E-state index in [1.54, 1.807) is 0 Å². The molecule has 0 unspecified atom stereocenters. The number of carbonyl (C=O) groups is 1. The average molecular weight is 350 g/mol. The number of phenols is 2. The van der Waals surface area contributed by atoms with Crippen molar-refractivity contribution in [2.75, 3.05) is 11.2 Å². The Morgan fingerprint density at radius 3 is 2.96 bits per heavy atom. The molecule has 24 heavy (non-hydrogen) atoms. The molecule has 9 nitrogen and oxygen atoms in total. The van der Waals surface area contributed by atoms with E-state index in [1.807, 2.05) is 13.8 Å². The molecule has 2 aromatic rings. The van der Waals surface area contributed by atoms with Crippen molar-refractivity contribution >= 4 is 29.8 Å². The summed E-state index contributed by atoms with van der Waals surface area (Å²) in [5.74, 6) is 0.313. The Kier molecular flexibility index (Phi) is 6.01. The van der Waals surface area contributed by atoms with E-state index in [-0.39, 0.29) is 29.2 Å². The van der Waals surface area contributed by atoms with Gasteiger partial charge in [-0.15, -0.1) is 5.10 Å². The molecule has 10 heteroatoms. The SMILES string of the molecule is CC(C)NC(=O)CSc1n[nH]c(N/N=C\c2ccc(O)cc2O)n1. The van der Waals surface area contributed by atoms with Crippen LogP contribution in [0.2, 0.25) is 0 Å². The molecule has 0 aliphatic carbocycles. The molecule has 0 aliphatic heterocycles. The molecule has 1 aromatic heterocycles. The average Bonchev–Trinajstić information content (AvgIpc) is 2.95. The van der Waals surface area contributed by atoms with Gasteiger partial charge in [-0.2, -0.15) is 10.1 Å². The van der Waals surface area contributed by atoms with Gasteiger partial charge in [0.15, 0.2) is 0 Å². The highest BCUT2D eigenvalue weighted by Crippen LogP contribution is 2.20. The van der Waals surface area contributed by atoms with Gasteiger partial charge >= 0.3 is 0 Å². The van der Waals surface area contributed by atoms with E-state index in [9.17, 15) is 15.0 Å². The molecular weight excluding hydrogens is 332 g/mol. The van der Waals surface area contributed by atoms with Crippen LogP contribution in [0.25, 0.3) is 0 Å². The Morgan fingerprint density at radius 1 is 1.46 bits per heavy atom. The van der Waals surface area contributed by atoms with Crippen molar-refractivity contribution in [3.8, 4) is 11.5 Å². The smallest absolute Gasteiger partial charge is 0.240 e. The largest absolute Gasteiger partial charge is 0.508 e. The number of benzene rings is 1. The topological polar surface area (TPSA) is 136 Å². The summed E-state index contributed by atoms with van der Waals surface area (Å²) in [7, 11) is 0. The number of nitrogens with one attached hydrogen (secondary N) is 3. The van der Waals surface area contributed by atoms with Crippen LogP contribution in [-0.2, 0) is 4.79 Å². The molecule has 0 saturated heterocycles. The number of amides is 1. The quantitative estimate of drug-likeness (QED) is 0.288. The number of anilines is 1. The van der Waals surface area contributed by atoms with Gasteiger partial charge in [-0.05, 0) is 26.0 Å². The first-order valence-electron chi connectivity index (χ1n) is 7.09. The molecule has 0 atom stereocenters. The fraction of sp³-hybridized carbons (Fsp3) is 0.286. The van der Waals surface area contributed by atoms with Crippen LogP contribution in [0.15, 0.2) is 28.5 Å². The first-order valence-corrected chi connectivity index (χ1v) is 8.08. The third-order valence-corrected chi connectivity index (χ3v) is 3.48. The Bertz CT molecular complexity index is 731. The second-order valence-corrected chi connectivity index (χ2v) is 6.03. The first-order chi connectivity index (χ1) is 11.4. The number of thioether (sulfide) groups is 1. The van der Waals surface area contributed by atoms with E-state index in [0.29, 0.717) is 16.7 Å². The second-order valence-electron chi connectivity index (χ2n) is 5.09. The van der Waals surface area contributed by atoms with Gasteiger partial charge < -0.3 is 15.5 Å². The number of aromatic hydroxyl groups is 2. The van der Waals surface area contributed by atoms with Crippen molar-refractivity contribution < 1.29 is 15.0 Å². The summed E-state index contributed by atoms with van der Waals surface area (Å²) in [5, 5.41) is 32.5. The lowest BCUT2D eigenvalue weighted by Gasteiger charge is -2.06. The van der Waals surface area contributed by atoms with Crippen molar-refractivity contribution in [2.45, 2.75) is 25.0 Å². The number of H-pyrrole nitrogens is 1. The summed E-state index contributed by atoms with van der Waals surface area (Å²) in [6, 6.07) is 4.26. The van der Waals surface area contributed by atoms with Crippen LogP contribution >= 0.6 is 11.8 Å². The minimum Gasteiger partial charge on any atom is -0.508 e. The van der Waals surface area contributed by atoms with Gasteiger partial charge in [0.1, 0.15) is 11.5 Å². The van der Waals surface area contributed by atoms with Crippen molar-refractivity contribution in [1.29, 1.82) is 0 Å². The third-order valence-electron chi connectivity index (χ3n) is 2.64. The van der Waals surface area contributed by atoms with E-state index in [0.717, 1.165) is 0 Å². The number of hydrogen-bond donors (Lipinski definition) is 5. The predicted octanol–water partition coefficient (Wildman–Crippen LogP) is 1.28. The van der Waals surface area contributed by atoms with Crippen LogP contribution in [0.3, 0.4) is 0 Å². The number of phenolic OH excluding ortho intramolecular Hbond substituents is 2. The fourth-order valence-electron chi connectivity index (χ4n) is 1.66. The lowest BCUT2D eigenvalue weighted by molar-refractivity contribution is -0.119. The zero-order valence-corrected chi connectivity index (χ0v) is 14.0. The fourth-order valence-corrected chi connectivity index (χ4v) is 2.27. The molecule has 128 valence electrons. The standard InChI is InChI=1S/C14H18N6O3S/c1-8(2)16-12(23)7-24-14-17-13(19-20-14)18-15-6-9-3-4-10(21)5-11(9)22/h3-6,8,21-22H,7H2,1-2H3,(H,16,23)(H2,17,18,19,20)/b15-6-. The summed E-state index contributed by atoms with van der Waals surface area (Å²) >= 11 is 1.20. The molecule has 1 heterocycles. The van der Waals surface area contributed by atoms with Crippen LogP contribution < -0.4 is 10.7 Å². The molecule has 0 fully saturated rings. The highest BCUT2D eigenvalue weighted by molar-refractivity contribution is 7.99. The molecule has 0 saturated carbocycles. The Morgan fingerprint density at radius 2 is 2.25 bits per heavy atom. The maximum Gasteiger partial charge on any atom is 0.240 e. The number of carbonyl (C=O) groups excluding carboxylic acids is 1. The minimum absolute atomic E-state index is 0.0315. The third kappa shape index (κ3) is 5.47. The van der Waals surface area contributed by atoms with Crippen molar-refractivity contribution in [1.82, 2.24) is 20.5 Å². The molecule has 0 radical (unpaired) electrons. The van der Waals surface area contributed by atoms with E-state index in [4.69, 9.17) is 0 Å². The molecule has 1 aromatic carbocycles. The highest BCUT2D eigenvalue weighted by Gasteiger charge is 2.08. The highest BCUT2D eigenvalue weighted by atomic mass is 32.2. The van der Waals surface area contributed by atoms with E-state index < -0.39 is 0 Å². The second kappa shape index (κ2) is 8.20. The van der Waals surface area contributed by atoms with Gasteiger partial charge in [0.05, 0.1) is 12.0 Å². The maximum atomic E-state index is 11.5. The summed E-state index contributed by atoms with van der Waals surface area (Å²) in [6.45, 7) is 3.78. The van der Waals surface area contributed by atoms with Gasteiger partial charge in [0.25, 0.3) is 0 Å². The maximum absolute atomic E-state index is 11.5. The van der Waals surface area contributed by atoms with Crippen LogP contribution in [0, 0.1) is 0 Å². The van der Waals surface area contributed by atoms with Gasteiger partial charge in [-0.3, -0.25) is 4.79 Å². The van der Waals surface area contributed by atoms with Gasteiger partial charge in [0, 0.05) is 17.7 Å². The number of aromatic nitrogens is 3. The zero-order valence-electron chi connectivity index (χ0n) is 13.1. The number of hydrogen-bond acceptors (Lipinski definition) is 8. The summed E-state index contributed by atoms with van der Waals surface area (Å²) in [4.78, 5) is 15.7. The van der Waals surface area contributed by atoms with Gasteiger partial charge in [-0.1, -0.05) is 11.8 Å². The van der Waals surface area contributed by atoms with E-state index in [1.165, 1.54) is 36.2 Å². The lowest BCUT2D eigenvalue weighted by Crippen LogP contribution is -2.31. The molecule has 0 bridgehead atoms. The number of rotatable bonds is 7. The van der Waals surface area contributed by atoms with E-state index in [2.05, 4.69) is 31.0 Å². The Balaban J connectivity index is 1.85. The van der Waals surface area contributed by atoms with Crippen LogP contribution in [0.1, 0.15) is 19.4 Å². The molecule has 1 amide bonds. The Labute approximate surface area is 142 Å². The lowest BCUT2D eigenvalue weighted by atomic mass is 10.2. The van der Waals surface area contributed by atoms with E-state index >= 15 is 0 Å². The Hall–Kier alpha value is -2.75. The van der Waals surface area contributed by atoms with Crippen molar-refractivity contribution in [3.63, 3.8) is 0 Å². The van der Waals surface area contributed by atoms with Crippen LogP contribution in [0.4, 0.5) is 5.95 Å². The number of nitrogens with zero attached hydrogens (tertiary/aromatic N) is 3. The summed E-state index contributed by atoms with van der Waals surface area (Å²) in [5.41, 5.74) is 3.06. The molecule has 5 N–H and O–H groups in total. The van der Waals surface area contributed by atoms with Crippen LogP contribution in [0.5, 0.6) is 11.5 Å². The number of hydrazone groups is 1. The normalized spacial score (nSPS) is 11.1. The predicted molar refractivity (Wildman–Crippen MR) is 91.4 cm³/mol.